The van der Waals surface area contributed by atoms with Gasteiger partial charge in [0.2, 0.25) is 0 Å². The first-order valence-corrected chi connectivity index (χ1v) is 9.85. The molecule has 0 spiro atoms. The first-order chi connectivity index (χ1) is 13.3. The minimum Gasteiger partial charge on any atom is -0.378 e. The molecular weight excluding hydrogens is 360 g/mol. The van der Waals surface area contributed by atoms with Gasteiger partial charge in [-0.25, -0.2) is 15.0 Å². The largest absolute Gasteiger partial charge is 0.378 e. The summed E-state index contributed by atoms with van der Waals surface area (Å²) in [5.74, 6) is 1.72. The van der Waals surface area contributed by atoms with Crippen molar-refractivity contribution in [1.29, 1.82) is 0 Å². The average molecular weight is 380 g/mol. The van der Waals surface area contributed by atoms with Gasteiger partial charge in [-0.05, 0) is 25.2 Å². The fraction of sp³-hybridized carbons (Fsp3) is 0.316. The molecule has 0 bridgehead atoms. The highest BCUT2D eigenvalue weighted by atomic mass is 32.1. The molecule has 0 aliphatic carbocycles. The van der Waals surface area contributed by atoms with Gasteiger partial charge in [-0.15, -0.1) is 11.3 Å². The second kappa shape index (κ2) is 6.88. The number of rotatable bonds is 4. The molecule has 1 aliphatic rings. The smallest absolute Gasteiger partial charge is 0.163 e. The second-order valence-corrected chi connectivity index (χ2v) is 7.70. The van der Waals surface area contributed by atoms with Crippen molar-refractivity contribution in [2.45, 2.75) is 6.54 Å². The number of anilines is 1. The minimum atomic E-state index is 0.716. The monoisotopic (exact) mass is 380 g/mol. The molecule has 0 saturated carbocycles. The number of nitrogens with one attached hydrogen (secondary N) is 2. The summed E-state index contributed by atoms with van der Waals surface area (Å²) in [4.78, 5) is 21.0. The number of aromatic amines is 1. The third-order valence-electron chi connectivity index (χ3n) is 4.72. The van der Waals surface area contributed by atoms with Gasteiger partial charge in [-0.1, -0.05) is 0 Å². The van der Waals surface area contributed by atoms with Crippen LogP contribution in [-0.4, -0.2) is 53.3 Å². The van der Waals surface area contributed by atoms with Crippen molar-refractivity contribution in [3.05, 3.63) is 35.5 Å². The van der Waals surface area contributed by atoms with Gasteiger partial charge in [-0.2, -0.15) is 0 Å². The van der Waals surface area contributed by atoms with Crippen LogP contribution in [0.1, 0.15) is 4.88 Å². The Morgan fingerprint density at radius 2 is 2.15 bits per heavy atom. The third kappa shape index (κ3) is 3.05. The zero-order chi connectivity index (χ0) is 18.2. The van der Waals surface area contributed by atoms with E-state index < -0.39 is 0 Å². The molecule has 4 aromatic heterocycles. The fourth-order valence-electron chi connectivity index (χ4n) is 3.41. The maximum absolute atomic E-state index is 5.53. The Bertz CT molecular complexity index is 1100. The molecule has 0 aromatic carbocycles. The number of morpholine rings is 1. The molecule has 1 aliphatic heterocycles. The van der Waals surface area contributed by atoms with Gasteiger partial charge < -0.3 is 19.9 Å². The van der Waals surface area contributed by atoms with Crippen LogP contribution in [0.25, 0.3) is 32.6 Å². The first kappa shape index (κ1) is 16.6. The lowest BCUT2D eigenvalue weighted by Crippen LogP contribution is -2.36. The van der Waals surface area contributed by atoms with E-state index in [-0.39, 0.29) is 0 Å². The number of aromatic nitrogens is 4. The SMILES string of the molecule is CNCc1cc2nc(-c3cnc4[nH]ccc4c3)nc(N3CCOCC3)c2s1. The lowest BCUT2D eigenvalue weighted by molar-refractivity contribution is 0.122. The number of ether oxygens (including phenoxy) is 1. The van der Waals surface area contributed by atoms with E-state index >= 15 is 0 Å². The van der Waals surface area contributed by atoms with Crippen LogP contribution in [0.3, 0.4) is 0 Å². The Balaban J connectivity index is 1.67. The number of hydrogen-bond donors (Lipinski definition) is 2. The summed E-state index contributed by atoms with van der Waals surface area (Å²) >= 11 is 1.76. The molecule has 1 saturated heterocycles. The van der Waals surface area contributed by atoms with Crippen LogP contribution in [0.5, 0.6) is 0 Å². The highest BCUT2D eigenvalue weighted by Gasteiger charge is 2.20. The van der Waals surface area contributed by atoms with Crippen molar-refractivity contribution in [3.63, 3.8) is 0 Å². The van der Waals surface area contributed by atoms with Crippen molar-refractivity contribution >= 4 is 38.4 Å². The quantitative estimate of drug-likeness (QED) is 0.567. The van der Waals surface area contributed by atoms with Crippen LogP contribution in [0, 0.1) is 0 Å². The predicted octanol–water partition coefficient (Wildman–Crippen LogP) is 2.79. The Morgan fingerprint density at radius 1 is 1.26 bits per heavy atom. The first-order valence-electron chi connectivity index (χ1n) is 9.03. The fourth-order valence-corrected chi connectivity index (χ4v) is 4.53. The van der Waals surface area contributed by atoms with Gasteiger partial charge in [0, 0.05) is 47.9 Å². The zero-order valence-corrected chi connectivity index (χ0v) is 15.8. The third-order valence-corrected chi connectivity index (χ3v) is 5.84. The Morgan fingerprint density at radius 3 is 3.00 bits per heavy atom. The Kier molecular flexibility index (Phi) is 4.23. The number of nitrogens with zero attached hydrogens (tertiary/aromatic N) is 4. The van der Waals surface area contributed by atoms with Crippen molar-refractivity contribution in [2.75, 3.05) is 38.3 Å². The highest BCUT2D eigenvalue weighted by Crippen LogP contribution is 2.34. The van der Waals surface area contributed by atoms with Gasteiger partial charge in [0.05, 0.1) is 23.4 Å². The summed E-state index contributed by atoms with van der Waals surface area (Å²) in [6.45, 7) is 3.98. The zero-order valence-electron chi connectivity index (χ0n) is 15.0. The van der Waals surface area contributed by atoms with Crippen LogP contribution >= 0.6 is 11.3 Å². The van der Waals surface area contributed by atoms with E-state index in [1.807, 2.05) is 25.5 Å². The summed E-state index contributed by atoms with van der Waals surface area (Å²) < 4.78 is 6.67. The summed E-state index contributed by atoms with van der Waals surface area (Å²) in [5.41, 5.74) is 2.80. The average Bonchev–Trinajstić information content (AvgIpc) is 3.33. The molecule has 1 fully saturated rings. The topological polar surface area (TPSA) is 79.0 Å². The van der Waals surface area contributed by atoms with E-state index in [1.165, 1.54) is 4.88 Å². The molecule has 8 heteroatoms. The summed E-state index contributed by atoms with van der Waals surface area (Å²) in [6, 6.07) is 6.26. The summed E-state index contributed by atoms with van der Waals surface area (Å²) in [5, 5.41) is 4.28. The number of hydrogen-bond acceptors (Lipinski definition) is 7. The Labute approximate surface area is 160 Å². The lowest BCUT2D eigenvalue weighted by Gasteiger charge is -2.28. The maximum Gasteiger partial charge on any atom is 0.163 e. The highest BCUT2D eigenvalue weighted by molar-refractivity contribution is 7.19. The molecule has 2 N–H and O–H groups in total. The van der Waals surface area contributed by atoms with Gasteiger partial charge in [0.15, 0.2) is 11.6 Å². The molecular formula is C19H20N6OS. The second-order valence-electron chi connectivity index (χ2n) is 6.57. The van der Waals surface area contributed by atoms with Gasteiger partial charge in [0.1, 0.15) is 5.65 Å². The van der Waals surface area contributed by atoms with E-state index in [2.05, 4.69) is 32.3 Å². The molecule has 5 rings (SSSR count). The number of thiophene rings is 1. The van der Waals surface area contributed by atoms with Crippen molar-refractivity contribution in [1.82, 2.24) is 25.3 Å². The van der Waals surface area contributed by atoms with Crippen molar-refractivity contribution in [3.8, 4) is 11.4 Å². The molecule has 0 radical (unpaired) electrons. The normalized spacial score (nSPS) is 15.1. The van der Waals surface area contributed by atoms with E-state index in [0.717, 1.165) is 65.5 Å². The van der Waals surface area contributed by atoms with E-state index in [0.29, 0.717) is 5.82 Å². The van der Waals surface area contributed by atoms with Gasteiger partial charge >= 0.3 is 0 Å². The van der Waals surface area contributed by atoms with Crippen LogP contribution in [0.15, 0.2) is 30.6 Å². The van der Waals surface area contributed by atoms with Gasteiger partial charge in [-0.3, -0.25) is 0 Å². The van der Waals surface area contributed by atoms with Crippen LogP contribution in [0.2, 0.25) is 0 Å². The Hall–Kier alpha value is -2.55. The molecule has 0 amide bonds. The van der Waals surface area contributed by atoms with Crippen LogP contribution in [0.4, 0.5) is 5.82 Å². The molecule has 0 unspecified atom stereocenters. The molecule has 5 heterocycles. The van der Waals surface area contributed by atoms with Gasteiger partial charge in [0.25, 0.3) is 0 Å². The van der Waals surface area contributed by atoms with E-state index in [4.69, 9.17) is 14.7 Å². The van der Waals surface area contributed by atoms with Crippen LogP contribution in [-0.2, 0) is 11.3 Å². The molecule has 4 aromatic rings. The van der Waals surface area contributed by atoms with Crippen LogP contribution < -0.4 is 10.2 Å². The predicted molar refractivity (Wildman–Crippen MR) is 108 cm³/mol. The number of H-pyrrole nitrogens is 1. The summed E-state index contributed by atoms with van der Waals surface area (Å²) in [7, 11) is 1.96. The van der Waals surface area contributed by atoms with E-state index in [1.54, 1.807) is 11.3 Å². The van der Waals surface area contributed by atoms with Crippen molar-refractivity contribution in [2.24, 2.45) is 0 Å². The summed E-state index contributed by atoms with van der Waals surface area (Å²) in [6.07, 6.45) is 3.73. The standard InChI is InChI=1S/C19H20N6OS/c1-20-11-14-9-15-16(27-14)19(25-4-6-26-7-5-25)24-18(23-15)13-8-12-2-3-21-17(12)22-10-13/h2-3,8-10,20H,4-7,11H2,1H3,(H,21,22). The molecule has 0 atom stereocenters. The minimum absolute atomic E-state index is 0.716. The molecule has 138 valence electrons. The lowest BCUT2D eigenvalue weighted by atomic mass is 10.2. The molecule has 27 heavy (non-hydrogen) atoms. The number of fused-ring (bicyclic) bond motifs is 2. The van der Waals surface area contributed by atoms with E-state index in [9.17, 15) is 0 Å². The molecule has 7 nitrogen and oxygen atoms in total. The maximum atomic E-state index is 5.53. The number of pyridine rings is 1. The van der Waals surface area contributed by atoms with Crippen molar-refractivity contribution < 1.29 is 4.74 Å².